The number of hydrogen-bond donors (Lipinski definition) is 2. The summed E-state index contributed by atoms with van der Waals surface area (Å²) in [4.78, 5) is 11.6. The summed E-state index contributed by atoms with van der Waals surface area (Å²) in [5, 5.41) is 8.28. The van der Waals surface area contributed by atoms with Crippen molar-refractivity contribution in [2.75, 3.05) is 30.9 Å². The highest BCUT2D eigenvalue weighted by molar-refractivity contribution is 5.90. The van der Waals surface area contributed by atoms with Crippen LogP contribution < -0.4 is 15.5 Å². The van der Waals surface area contributed by atoms with Crippen molar-refractivity contribution in [2.45, 2.75) is 37.8 Å². The number of nitrogens with one attached hydrogen (secondary N) is 2. The second kappa shape index (κ2) is 9.09. The number of benzene rings is 1. The van der Waals surface area contributed by atoms with Gasteiger partial charge in [-0.05, 0) is 56.0 Å². The summed E-state index contributed by atoms with van der Waals surface area (Å²) in [6.07, 6.45) is 10.4. The second-order valence-electron chi connectivity index (χ2n) is 7.80. The lowest BCUT2D eigenvalue weighted by Crippen LogP contribution is -2.37. The molecule has 0 saturated heterocycles. The van der Waals surface area contributed by atoms with E-state index in [2.05, 4.69) is 22.8 Å². The van der Waals surface area contributed by atoms with Gasteiger partial charge < -0.3 is 20.0 Å². The fourth-order valence-corrected chi connectivity index (χ4v) is 3.89. The molecule has 0 unspecified atom stereocenters. The molecule has 1 aromatic carbocycles. The van der Waals surface area contributed by atoms with Gasteiger partial charge in [-0.1, -0.05) is 18.2 Å². The summed E-state index contributed by atoms with van der Waals surface area (Å²) in [5.41, 5.74) is 0.979. The predicted molar refractivity (Wildman–Crippen MR) is 119 cm³/mol. The van der Waals surface area contributed by atoms with Gasteiger partial charge in [0.1, 0.15) is 11.6 Å². The number of anilines is 2. The van der Waals surface area contributed by atoms with E-state index in [4.69, 9.17) is 14.4 Å². The van der Waals surface area contributed by atoms with E-state index < -0.39 is 0 Å². The van der Waals surface area contributed by atoms with Crippen LogP contribution in [0.15, 0.2) is 53.2 Å². The molecule has 0 radical (unpaired) electrons. The molecule has 2 heterocycles. The van der Waals surface area contributed by atoms with Gasteiger partial charge >= 0.3 is 0 Å². The SMILES string of the molecule is CN(C)c1nc(NC2CCC(NC/C=C/c3ccco3)CC2)nc2ccccc12. The second-order valence-corrected chi connectivity index (χ2v) is 7.80. The van der Waals surface area contributed by atoms with Gasteiger partial charge in [-0.3, -0.25) is 0 Å². The third-order valence-corrected chi connectivity index (χ3v) is 5.42. The molecule has 2 aromatic heterocycles. The minimum absolute atomic E-state index is 0.419. The van der Waals surface area contributed by atoms with Crippen LogP contribution in [0.2, 0.25) is 0 Å². The Morgan fingerprint density at radius 3 is 2.59 bits per heavy atom. The van der Waals surface area contributed by atoms with Gasteiger partial charge in [0.15, 0.2) is 0 Å². The molecule has 0 amide bonds. The molecule has 1 saturated carbocycles. The van der Waals surface area contributed by atoms with Crippen molar-refractivity contribution < 1.29 is 4.42 Å². The molecular weight excluding hydrogens is 362 g/mol. The number of para-hydroxylation sites is 1. The van der Waals surface area contributed by atoms with E-state index in [9.17, 15) is 0 Å². The summed E-state index contributed by atoms with van der Waals surface area (Å²) < 4.78 is 5.31. The maximum absolute atomic E-state index is 5.31. The van der Waals surface area contributed by atoms with Gasteiger partial charge in [0.05, 0.1) is 11.8 Å². The molecule has 2 N–H and O–H groups in total. The van der Waals surface area contributed by atoms with Gasteiger partial charge in [-0.25, -0.2) is 4.98 Å². The topological polar surface area (TPSA) is 66.2 Å². The van der Waals surface area contributed by atoms with Crippen LogP contribution in [-0.2, 0) is 0 Å². The Morgan fingerprint density at radius 1 is 1.03 bits per heavy atom. The standard InChI is InChI=1S/C23H29N5O/c1-28(2)22-20-9-3-4-10-21(20)26-23(27-22)25-18-13-11-17(12-14-18)24-15-5-7-19-8-6-16-29-19/h3-10,16-18,24H,11-15H2,1-2H3,(H,25,26,27)/b7-5+. The van der Waals surface area contributed by atoms with Gasteiger partial charge in [-0.2, -0.15) is 4.98 Å². The number of nitrogens with zero attached hydrogens (tertiary/aromatic N) is 3. The summed E-state index contributed by atoms with van der Waals surface area (Å²) in [5.74, 6) is 2.58. The van der Waals surface area contributed by atoms with E-state index in [-0.39, 0.29) is 0 Å². The molecule has 4 rings (SSSR count). The summed E-state index contributed by atoms with van der Waals surface area (Å²) >= 11 is 0. The molecule has 29 heavy (non-hydrogen) atoms. The van der Waals surface area contributed by atoms with E-state index in [1.165, 1.54) is 0 Å². The third-order valence-electron chi connectivity index (χ3n) is 5.42. The van der Waals surface area contributed by atoms with Crippen molar-refractivity contribution in [1.29, 1.82) is 0 Å². The molecule has 1 fully saturated rings. The maximum atomic E-state index is 5.31. The quantitative estimate of drug-likeness (QED) is 0.625. The number of aromatic nitrogens is 2. The summed E-state index contributed by atoms with van der Waals surface area (Å²) in [6.45, 7) is 0.865. The molecule has 1 aliphatic rings. The van der Waals surface area contributed by atoms with Crippen LogP contribution in [0.4, 0.5) is 11.8 Å². The van der Waals surface area contributed by atoms with Crippen molar-refractivity contribution in [3.63, 3.8) is 0 Å². The van der Waals surface area contributed by atoms with Gasteiger partial charge in [0.25, 0.3) is 0 Å². The number of hydrogen-bond acceptors (Lipinski definition) is 6. The first-order valence-corrected chi connectivity index (χ1v) is 10.3. The van der Waals surface area contributed by atoms with Gasteiger partial charge in [0.2, 0.25) is 5.95 Å². The van der Waals surface area contributed by atoms with Crippen LogP contribution in [0, 0.1) is 0 Å². The van der Waals surface area contributed by atoms with E-state index in [1.807, 2.05) is 55.4 Å². The molecule has 0 bridgehead atoms. The Hall–Kier alpha value is -2.86. The molecule has 0 aliphatic heterocycles. The predicted octanol–water partition coefficient (Wildman–Crippen LogP) is 4.31. The first kappa shape index (κ1) is 19.5. The average molecular weight is 392 g/mol. The molecule has 152 valence electrons. The fourth-order valence-electron chi connectivity index (χ4n) is 3.89. The minimum Gasteiger partial charge on any atom is -0.465 e. The molecular formula is C23H29N5O. The largest absolute Gasteiger partial charge is 0.465 e. The lowest BCUT2D eigenvalue weighted by molar-refractivity contribution is 0.363. The minimum atomic E-state index is 0.419. The molecule has 6 heteroatoms. The molecule has 1 aliphatic carbocycles. The van der Waals surface area contributed by atoms with Crippen molar-refractivity contribution in [3.05, 3.63) is 54.5 Å². The number of fused-ring (bicyclic) bond motifs is 1. The molecule has 6 nitrogen and oxygen atoms in total. The van der Waals surface area contributed by atoms with Crippen LogP contribution in [0.3, 0.4) is 0 Å². The van der Waals surface area contributed by atoms with Gasteiger partial charge in [-0.15, -0.1) is 0 Å². The number of rotatable bonds is 7. The highest BCUT2D eigenvalue weighted by Gasteiger charge is 2.21. The van der Waals surface area contributed by atoms with Crippen LogP contribution in [0.25, 0.3) is 17.0 Å². The number of furan rings is 1. The lowest BCUT2D eigenvalue weighted by atomic mass is 9.91. The van der Waals surface area contributed by atoms with E-state index >= 15 is 0 Å². The normalized spacial score (nSPS) is 19.7. The monoisotopic (exact) mass is 391 g/mol. The smallest absolute Gasteiger partial charge is 0.225 e. The zero-order valence-corrected chi connectivity index (χ0v) is 17.1. The van der Waals surface area contributed by atoms with Gasteiger partial charge in [0, 0.05) is 38.1 Å². The summed E-state index contributed by atoms with van der Waals surface area (Å²) in [6, 6.07) is 13.0. The van der Waals surface area contributed by atoms with Crippen LogP contribution in [-0.4, -0.2) is 42.7 Å². The Kier molecular flexibility index (Phi) is 6.10. The van der Waals surface area contributed by atoms with Crippen LogP contribution in [0.5, 0.6) is 0 Å². The average Bonchev–Trinajstić information content (AvgIpc) is 3.25. The third kappa shape index (κ3) is 4.95. The highest BCUT2D eigenvalue weighted by Crippen LogP contribution is 2.26. The van der Waals surface area contributed by atoms with E-state index in [0.717, 1.165) is 60.7 Å². The summed E-state index contributed by atoms with van der Waals surface area (Å²) in [7, 11) is 4.05. The van der Waals surface area contributed by atoms with Crippen molar-refractivity contribution in [1.82, 2.24) is 15.3 Å². The van der Waals surface area contributed by atoms with Crippen molar-refractivity contribution in [2.24, 2.45) is 0 Å². The maximum Gasteiger partial charge on any atom is 0.225 e. The zero-order chi connectivity index (χ0) is 20.1. The Labute approximate surface area is 172 Å². The van der Waals surface area contributed by atoms with E-state index in [0.29, 0.717) is 12.1 Å². The first-order chi connectivity index (χ1) is 14.2. The molecule has 0 atom stereocenters. The highest BCUT2D eigenvalue weighted by atomic mass is 16.3. The lowest BCUT2D eigenvalue weighted by Gasteiger charge is -2.29. The van der Waals surface area contributed by atoms with Crippen molar-refractivity contribution in [3.8, 4) is 0 Å². The first-order valence-electron chi connectivity index (χ1n) is 10.3. The molecule has 0 spiro atoms. The fraction of sp³-hybridized carbons (Fsp3) is 0.391. The van der Waals surface area contributed by atoms with Crippen LogP contribution >= 0.6 is 0 Å². The van der Waals surface area contributed by atoms with E-state index in [1.54, 1.807) is 6.26 Å². The van der Waals surface area contributed by atoms with Crippen molar-refractivity contribution >= 4 is 28.7 Å². The zero-order valence-electron chi connectivity index (χ0n) is 17.1. The Balaban J connectivity index is 1.30. The molecule has 3 aromatic rings. The Bertz CT molecular complexity index is 943. The Morgan fingerprint density at radius 2 is 1.83 bits per heavy atom. The van der Waals surface area contributed by atoms with Crippen LogP contribution in [0.1, 0.15) is 31.4 Å².